The minimum atomic E-state index is -4.76. The summed E-state index contributed by atoms with van der Waals surface area (Å²) in [6.07, 6.45) is -4.76. The summed E-state index contributed by atoms with van der Waals surface area (Å²) in [6.45, 7) is 5.92. The van der Waals surface area contributed by atoms with Crippen LogP contribution in [0.1, 0.15) is 25.8 Å². The van der Waals surface area contributed by atoms with E-state index >= 15 is 0 Å². The molecule has 2 aromatic rings. The number of ether oxygens (including phenoxy) is 1. The molecule has 0 aliphatic carbocycles. The average Bonchev–Trinajstić information content (AvgIpc) is 2.87. The zero-order valence-corrected chi connectivity index (χ0v) is 13.9. The lowest BCUT2D eigenvalue weighted by molar-refractivity contribution is -0.274. The maximum absolute atomic E-state index is 12.1. The molecule has 0 saturated heterocycles. The molecule has 2 rings (SSSR count). The molecular weight excluding hydrogens is 345 g/mol. The highest BCUT2D eigenvalue weighted by Crippen LogP contribution is 2.28. The fraction of sp³-hybridized carbons (Fsp3) is 0.357. The van der Waals surface area contributed by atoms with Crippen molar-refractivity contribution in [3.63, 3.8) is 0 Å². The SMILES string of the molecule is CC(C)(C)c1nnc(NC(=O)Nc2ccc(OC(F)(F)F)cc2)s1. The molecule has 2 amide bonds. The molecule has 2 N–H and O–H groups in total. The minimum Gasteiger partial charge on any atom is -0.406 e. The molecular formula is C14H15F3N4O2S. The van der Waals surface area contributed by atoms with Gasteiger partial charge in [0.1, 0.15) is 10.8 Å². The largest absolute Gasteiger partial charge is 0.573 e. The van der Waals surface area contributed by atoms with Crippen molar-refractivity contribution >= 4 is 28.2 Å². The lowest BCUT2D eigenvalue weighted by atomic mass is 9.98. The van der Waals surface area contributed by atoms with Gasteiger partial charge in [-0.3, -0.25) is 5.32 Å². The fourth-order valence-corrected chi connectivity index (χ4v) is 2.37. The number of nitrogens with one attached hydrogen (secondary N) is 2. The number of carbonyl (C=O) groups is 1. The lowest BCUT2D eigenvalue weighted by Gasteiger charge is -2.12. The van der Waals surface area contributed by atoms with Crippen molar-refractivity contribution in [1.82, 2.24) is 10.2 Å². The second-order valence-corrected chi connectivity index (χ2v) is 6.79. The van der Waals surface area contributed by atoms with Gasteiger partial charge in [0.25, 0.3) is 0 Å². The van der Waals surface area contributed by atoms with Crippen LogP contribution in [-0.4, -0.2) is 22.6 Å². The van der Waals surface area contributed by atoms with Gasteiger partial charge in [0.05, 0.1) is 0 Å². The molecule has 0 atom stereocenters. The number of hydrogen-bond donors (Lipinski definition) is 2. The van der Waals surface area contributed by atoms with Crippen LogP contribution >= 0.6 is 11.3 Å². The van der Waals surface area contributed by atoms with Gasteiger partial charge < -0.3 is 10.1 Å². The van der Waals surface area contributed by atoms with Gasteiger partial charge in [-0.2, -0.15) is 0 Å². The van der Waals surface area contributed by atoms with Crippen LogP contribution in [0.25, 0.3) is 0 Å². The average molecular weight is 360 g/mol. The van der Waals surface area contributed by atoms with Gasteiger partial charge >= 0.3 is 12.4 Å². The van der Waals surface area contributed by atoms with Crippen molar-refractivity contribution < 1.29 is 22.7 Å². The van der Waals surface area contributed by atoms with E-state index in [1.807, 2.05) is 20.8 Å². The highest BCUT2D eigenvalue weighted by atomic mass is 32.1. The first kappa shape index (κ1) is 18.0. The van der Waals surface area contributed by atoms with Crippen molar-refractivity contribution in [1.29, 1.82) is 0 Å². The van der Waals surface area contributed by atoms with E-state index < -0.39 is 12.4 Å². The third kappa shape index (κ3) is 5.37. The number of carbonyl (C=O) groups excluding carboxylic acids is 1. The standard InChI is InChI=1S/C14H15F3N4O2S/c1-13(2,3)10-20-21-12(24-10)19-11(22)18-8-4-6-9(7-5-8)23-14(15,16)17/h4-7H,1-3H3,(H2,18,19,21,22). The first-order chi connectivity index (χ1) is 11.0. The Morgan fingerprint density at radius 1 is 1.08 bits per heavy atom. The predicted octanol–water partition coefficient (Wildman–Crippen LogP) is 4.38. The zero-order valence-electron chi connectivity index (χ0n) is 13.1. The van der Waals surface area contributed by atoms with Crippen LogP contribution in [0.15, 0.2) is 24.3 Å². The number of urea groups is 1. The summed E-state index contributed by atoms with van der Waals surface area (Å²) >= 11 is 1.25. The van der Waals surface area contributed by atoms with Crippen LogP contribution < -0.4 is 15.4 Å². The van der Waals surface area contributed by atoms with Crippen LogP contribution in [-0.2, 0) is 5.41 Å². The third-order valence-corrected chi connectivity index (χ3v) is 3.90. The Labute approximate surface area is 140 Å². The Balaban J connectivity index is 1.94. The van der Waals surface area contributed by atoms with Crippen molar-refractivity contribution in [2.24, 2.45) is 0 Å². The summed E-state index contributed by atoms with van der Waals surface area (Å²) in [4.78, 5) is 11.9. The fourth-order valence-electron chi connectivity index (χ4n) is 1.58. The first-order valence-electron chi connectivity index (χ1n) is 6.81. The molecule has 1 aromatic heterocycles. The smallest absolute Gasteiger partial charge is 0.406 e. The number of nitrogens with zero attached hydrogens (tertiary/aromatic N) is 2. The molecule has 6 nitrogen and oxygen atoms in total. The second kappa shape index (κ2) is 6.63. The Hall–Kier alpha value is -2.36. The van der Waals surface area contributed by atoms with Crippen molar-refractivity contribution in [2.75, 3.05) is 10.6 Å². The van der Waals surface area contributed by atoms with E-state index in [1.165, 1.54) is 23.5 Å². The number of amides is 2. The molecule has 0 saturated carbocycles. The lowest BCUT2D eigenvalue weighted by Crippen LogP contribution is -2.19. The number of benzene rings is 1. The first-order valence-corrected chi connectivity index (χ1v) is 7.62. The molecule has 0 spiro atoms. The van der Waals surface area contributed by atoms with Crippen LogP contribution in [0.4, 0.5) is 28.8 Å². The van der Waals surface area contributed by atoms with E-state index in [2.05, 4.69) is 25.6 Å². The van der Waals surface area contributed by atoms with Gasteiger partial charge in [-0.15, -0.1) is 23.4 Å². The molecule has 0 bridgehead atoms. The van der Waals surface area contributed by atoms with E-state index in [0.717, 1.165) is 17.1 Å². The Morgan fingerprint density at radius 3 is 2.21 bits per heavy atom. The maximum Gasteiger partial charge on any atom is 0.573 e. The Morgan fingerprint density at radius 2 is 1.71 bits per heavy atom. The molecule has 1 aromatic carbocycles. The van der Waals surface area contributed by atoms with Gasteiger partial charge in [0.2, 0.25) is 5.13 Å². The quantitative estimate of drug-likeness (QED) is 0.852. The van der Waals surface area contributed by atoms with E-state index in [-0.39, 0.29) is 11.2 Å². The molecule has 24 heavy (non-hydrogen) atoms. The van der Waals surface area contributed by atoms with Crippen molar-refractivity contribution in [2.45, 2.75) is 32.5 Å². The maximum atomic E-state index is 12.1. The summed E-state index contributed by atoms with van der Waals surface area (Å²) in [5.41, 5.74) is 0.130. The van der Waals surface area contributed by atoms with Gasteiger partial charge in [0, 0.05) is 11.1 Å². The van der Waals surface area contributed by atoms with Crippen LogP contribution in [0, 0.1) is 0 Å². The number of alkyl halides is 3. The molecule has 130 valence electrons. The molecule has 0 fully saturated rings. The summed E-state index contributed by atoms with van der Waals surface area (Å²) in [5, 5.41) is 14.0. The van der Waals surface area contributed by atoms with Crippen molar-refractivity contribution in [3.8, 4) is 5.75 Å². The predicted molar refractivity (Wildman–Crippen MR) is 84.4 cm³/mol. The van der Waals surface area contributed by atoms with E-state index in [0.29, 0.717) is 10.8 Å². The number of rotatable bonds is 3. The Bertz CT molecular complexity index is 708. The second-order valence-electron chi connectivity index (χ2n) is 5.81. The van der Waals surface area contributed by atoms with E-state index in [1.54, 1.807) is 0 Å². The molecule has 1 heterocycles. The van der Waals surface area contributed by atoms with Gasteiger partial charge in [-0.1, -0.05) is 32.1 Å². The summed E-state index contributed by atoms with van der Waals surface area (Å²) < 4.78 is 39.9. The molecule has 0 unspecified atom stereocenters. The summed E-state index contributed by atoms with van der Waals surface area (Å²) in [7, 11) is 0. The topological polar surface area (TPSA) is 76.1 Å². The summed E-state index contributed by atoms with van der Waals surface area (Å²) in [5.74, 6) is -0.368. The van der Waals surface area contributed by atoms with Crippen LogP contribution in [0.5, 0.6) is 5.75 Å². The highest BCUT2D eigenvalue weighted by Gasteiger charge is 2.31. The number of halogens is 3. The van der Waals surface area contributed by atoms with E-state index in [4.69, 9.17) is 0 Å². The molecule has 10 heteroatoms. The molecule has 0 aliphatic heterocycles. The van der Waals surface area contributed by atoms with Gasteiger partial charge in [-0.05, 0) is 24.3 Å². The molecule has 0 radical (unpaired) electrons. The van der Waals surface area contributed by atoms with Gasteiger partial charge in [-0.25, -0.2) is 4.79 Å². The summed E-state index contributed by atoms with van der Waals surface area (Å²) in [6, 6.07) is 4.22. The van der Waals surface area contributed by atoms with Crippen LogP contribution in [0.3, 0.4) is 0 Å². The van der Waals surface area contributed by atoms with E-state index in [9.17, 15) is 18.0 Å². The number of anilines is 2. The normalized spacial score (nSPS) is 11.9. The monoisotopic (exact) mass is 360 g/mol. The number of hydrogen-bond acceptors (Lipinski definition) is 5. The highest BCUT2D eigenvalue weighted by molar-refractivity contribution is 7.15. The third-order valence-electron chi connectivity index (χ3n) is 2.63. The molecule has 0 aliphatic rings. The number of aromatic nitrogens is 2. The zero-order chi connectivity index (χ0) is 18.0. The van der Waals surface area contributed by atoms with Crippen LogP contribution in [0.2, 0.25) is 0 Å². The Kier molecular flexibility index (Phi) is 4.97. The van der Waals surface area contributed by atoms with Crippen molar-refractivity contribution in [3.05, 3.63) is 29.3 Å². The minimum absolute atomic E-state index is 0.178. The van der Waals surface area contributed by atoms with Gasteiger partial charge in [0.15, 0.2) is 0 Å².